The van der Waals surface area contributed by atoms with Crippen molar-refractivity contribution in [2.75, 3.05) is 39.6 Å². The number of hydrogen-bond donors (Lipinski definition) is 3. The van der Waals surface area contributed by atoms with Crippen LogP contribution < -0.4 is 0 Å². The molecule has 0 saturated carbocycles. The van der Waals surface area contributed by atoms with Gasteiger partial charge in [0.2, 0.25) is 0 Å². The summed E-state index contributed by atoms with van der Waals surface area (Å²) in [5.41, 5.74) is 0. The molecule has 0 aliphatic heterocycles. The van der Waals surface area contributed by atoms with Gasteiger partial charge in [-0.1, -0.05) is 304 Å². The molecule has 19 heteroatoms. The summed E-state index contributed by atoms with van der Waals surface area (Å²) in [5.74, 6) is -1.32. The molecule has 0 spiro atoms. The Morgan fingerprint density at radius 2 is 0.545 bits per heavy atom. The van der Waals surface area contributed by atoms with Gasteiger partial charge < -0.3 is 33.8 Å². The number of unbranched alkanes of at least 4 members (excludes halogenated alkanes) is 40. The molecule has 17 nitrogen and oxygen atoms in total. The van der Waals surface area contributed by atoms with Crippen LogP contribution in [0.1, 0.15) is 356 Å². The first kappa shape index (κ1) is 86.1. The van der Waals surface area contributed by atoms with Crippen molar-refractivity contribution in [2.45, 2.75) is 374 Å². The van der Waals surface area contributed by atoms with Gasteiger partial charge in [-0.3, -0.25) is 37.3 Å². The fourth-order valence-electron chi connectivity index (χ4n) is 10.4. The molecule has 3 N–H and O–H groups in total. The molecule has 0 bridgehead atoms. The molecular weight excluding hydrogens is 1160 g/mol. The van der Waals surface area contributed by atoms with E-state index in [-0.39, 0.29) is 25.7 Å². The average molecular weight is 1300 g/mol. The Labute approximate surface area is 537 Å². The highest BCUT2D eigenvalue weighted by molar-refractivity contribution is 7.47. The molecule has 3 unspecified atom stereocenters. The van der Waals surface area contributed by atoms with Crippen LogP contribution in [0.5, 0.6) is 0 Å². The SMILES string of the molecule is CCCCCCCCCCCCCCCCCCC(=O)O[C@H](COC(=O)CCCCCCCCCCCCC(C)CC)COP(=O)(O)OC[C@@H](O)COP(=O)(O)OC[C@@H](COC(=O)CCCCCCCCCCC)OC(=O)CCCCCCCCCCC. The fourth-order valence-corrected chi connectivity index (χ4v) is 12.0. The van der Waals surface area contributed by atoms with E-state index in [1.807, 2.05) is 0 Å². The van der Waals surface area contributed by atoms with Crippen molar-refractivity contribution >= 4 is 39.5 Å². The van der Waals surface area contributed by atoms with E-state index in [0.29, 0.717) is 25.7 Å². The van der Waals surface area contributed by atoms with E-state index in [0.717, 1.165) is 95.8 Å². The summed E-state index contributed by atoms with van der Waals surface area (Å²) in [6, 6.07) is 0. The van der Waals surface area contributed by atoms with E-state index in [2.05, 4.69) is 34.6 Å². The minimum absolute atomic E-state index is 0.106. The molecule has 0 aromatic rings. The summed E-state index contributed by atoms with van der Waals surface area (Å²) in [7, 11) is -9.89. The van der Waals surface area contributed by atoms with Crippen LogP contribution in [0.3, 0.4) is 0 Å². The van der Waals surface area contributed by atoms with Crippen molar-refractivity contribution in [3.8, 4) is 0 Å². The summed E-state index contributed by atoms with van der Waals surface area (Å²) in [6.45, 7) is 7.24. The first-order chi connectivity index (χ1) is 42.6. The van der Waals surface area contributed by atoms with Crippen LogP contribution in [0, 0.1) is 5.92 Å². The standard InChI is InChI=1S/C69H134O17P2/c1-6-10-13-16-19-22-23-24-25-26-27-28-35-40-45-50-55-69(74)86-65(59-80-67(72)53-48-43-38-34-30-29-33-36-41-46-51-62(5)9-4)61-84-88(77,78)82-57-63(70)56-81-87(75,76)83-60-64(85-68(73)54-49-44-39-32-21-18-15-12-8-3)58-79-66(71)52-47-42-37-31-20-17-14-11-7-2/h62-65,70H,6-61H2,1-5H3,(H,75,76)(H,77,78)/t62?,63-,64+,65+/m0/s1. The quantitative estimate of drug-likeness (QED) is 0.0222. The van der Waals surface area contributed by atoms with Gasteiger partial charge in [0.1, 0.15) is 19.3 Å². The third kappa shape index (κ3) is 61.6. The predicted octanol–water partition coefficient (Wildman–Crippen LogP) is 19.7. The van der Waals surface area contributed by atoms with Crippen molar-refractivity contribution < 1.29 is 80.2 Å². The molecule has 0 aromatic carbocycles. The van der Waals surface area contributed by atoms with Crippen molar-refractivity contribution in [2.24, 2.45) is 5.92 Å². The maximum absolute atomic E-state index is 13.0. The first-order valence-corrected chi connectivity index (χ1v) is 39.2. The number of phosphoric acid groups is 2. The van der Waals surface area contributed by atoms with Crippen LogP contribution in [-0.4, -0.2) is 96.7 Å². The number of aliphatic hydroxyl groups excluding tert-OH is 1. The largest absolute Gasteiger partial charge is 0.472 e. The fraction of sp³-hybridized carbons (Fsp3) is 0.942. The summed E-state index contributed by atoms with van der Waals surface area (Å²) in [6.07, 6.45) is 48.5. The van der Waals surface area contributed by atoms with Gasteiger partial charge in [0, 0.05) is 25.7 Å². The summed E-state index contributed by atoms with van der Waals surface area (Å²) in [4.78, 5) is 72.4. The summed E-state index contributed by atoms with van der Waals surface area (Å²) < 4.78 is 68.2. The lowest BCUT2D eigenvalue weighted by atomic mass is 9.99. The molecule has 0 heterocycles. The third-order valence-corrected chi connectivity index (χ3v) is 18.3. The number of carbonyl (C=O) groups excluding carboxylic acids is 4. The Balaban J connectivity index is 5.22. The Hall–Kier alpha value is -1.94. The molecule has 0 rings (SSSR count). The summed E-state index contributed by atoms with van der Waals surface area (Å²) in [5, 5.41) is 10.6. The zero-order chi connectivity index (χ0) is 64.9. The van der Waals surface area contributed by atoms with Crippen molar-refractivity contribution in [3.63, 3.8) is 0 Å². The zero-order valence-electron chi connectivity index (χ0n) is 56.9. The topological polar surface area (TPSA) is 237 Å². The minimum atomic E-state index is -4.95. The van der Waals surface area contributed by atoms with Crippen LogP contribution >= 0.6 is 15.6 Å². The van der Waals surface area contributed by atoms with Crippen molar-refractivity contribution in [1.82, 2.24) is 0 Å². The number of aliphatic hydroxyl groups is 1. The number of esters is 4. The van der Waals surface area contributed by atoms with E-state index in [1.54, 1.807) is 0 Å². The molecule has 0 saturated heterocycles. The number of carbonyl (C=O) groups is 4. The second-order valence-corrected chi connectivity index (χ2v) is 28.1. The Morgan fingerprint density at radius 1 is 0.318 bits per heavy atom. The molecule has 0 amide bonds. The van der Waals surface area contributed by atoms with Gasteiger partial charge in [0.15, 0.2) is 12.2 Å². The summed E-state index contributed by atoms with van der Waals surface area (Å²) >= 11 is 0. The maximum Gasteiger partial charge on any atom is 0.472 e. The van der Waals surface area contributed by atoms with E-state index in [4.69, 9.17) is 37.0 Å². The van der Waals surface area contributed by atoms with Gasteiger partial charge in [-0.05, 0) is 31.6 Å². The van der Waals surface area contributed by atoms with E-state index < -0.39 is 97.5 Å². The molecule has 88 heavy (non-hydrogen) atoms. The van der Waals surface area contributed by atoms with E-state index in [1.165, 1.54) is 180 Å². The van der Waals surface area contributed by atoms with E-state index >= 15 is 0 Å². The second-order valence-electron chi connectivity index (χ2n) is 25.2. The average Bonchev–Trinajstić information content (AvgIpc) is 3.71. The van der Waals surface area contributed by atoms with Crippen LogP contribution in [-0.2, 0) is 65.4 Å². The highest BCUT2D eigenvalue weighted by atomic mass is 31.2. The van der Waals surface area contributed by atoms with E-state index in [9.17, 15) is 43.2 Å². The normalized spacial score (nSPS) is 14.4. The zero-order valence-corrected chi connectivity index (χ0v) is 58.6. The molecule has 0 aliphatic carbocycles. The lowest BCUT2D eigenvalue weighted by Gasteiger charge is -2.21. The van der Waals surface area contributed by atoms with Crippen molar-refractivity contribution in [1.29, 1.82) is 0 Å². The predicted molar refractivity (Wildman–Crippen MR) is 354 cm³/mol. The lowest BCUT2D eigenvalue weighted by molar-refractivity contribution is -0.161. The molecule has 6 atom stereocenters. The van der Waals surface area contributed by atoms with Crippen LogP contribution in [0.4, 0.5) is 0 Å². The first-order valence-electron chi connectivity index (χ1n) is 36.2. The highest BCUT2D eigenvalue weighted by Gasteiger charge is 2.30. The molecule has 0 radical (unpaired) electrons. The highest BCUT2D eigenvalue weighted by Crippen LogP contribution is 2.45. The smallest absolute Gasteiger partial charge is 0.462 e. The van der Waals surface area contributed by atoms with Crippen molar-refractivity contribution in [3.05, 3.63) is 0 Å². The van der Waals surface area contributed by atoms with Crippen LogP contribution in [0.2, 0.25) is 0 Å². The molecular formula is C69H134O17P2. The Bertz CT molecular complexity index is 1710. The monoisotopic (exact) mass is 1300 g/mol. The number of hydrogen-bond acceptors (Lipinski definition) is 15. The number of ether oxygens (including phenoxy) is 4. The Morgan fingerprint density at radius 3 is 0.807 bits per heavy atom. The molecule has 0 aliphatic rings. The van der Waals surface area contributed by atoms with Gasteiger partial charge in [-0.25, -0.2) is 9.13 Å². The number of rotatable bonds is 69. The molecule has 522 valence electrons. The number of phosphoric ester groups is 2. The molecule has 0 aromatic heterocycles. The van der Waals surface area contributed by atoms with Gasteiger partial charge >= 0.3 is 39.5 Å². The second kappa shape index (κ2) is 62.5. The third-order valence-electron chi connectivity index (χ3n) is 16.4. The minimum Gasteiger partial charge on any atom is -0.462 e. The van der Waals surface area contributed by atoms with Gasteiger partial charge in [0.25, 0.3) is 0 Å². The maximum atomic E-state index is 13.0. The van der Waals surface area contributed by atoms with Crippen LogP contribution in [0.15, 0.2) is 0 Å². The molecule has 0 fully saturated rings. The van der Waals surface area contributed by atoms with Gasteiger partial charge in [-0.15, -0.1) is 0 Å². The Kier molecular flexibility index (Phi) is 61.1. The van der Waals surface area contributed by atoms with Gasteiger partial charge in [-0.2, -0.15) is 0 Å². The van der Waals surface area contributed by atoms with Gasteiger partial charge in [0.05, 0.1) is 26.4 Å². The van der Waals surface area contributed by atoms with Crippen LogP contribution in [0.25, 0.3) is 0 Å². The lowest BCUT2D eigenvalue weighted by Crippen LogP contribution is -2.30.